The molecule has 0 spiro atoms. The van der Waals surface area contributed by atoms with E-state index in [-0.39, 0.29) is 18.4 Å². The molecular formula is C40H38N3O4+. The summed E-state index contributed by atoms with van der Waals surface area (Å²) in [7, 11) is 0. The van der Waals surface area contributed by atoms with Gasteiger partial charge in [0.25, 0.3) is 6.47 Å². The number of carboxylic acids is 1. The molecule has 4 aromatic rings. The van der Waals surface area contributed by atoms with Gasteiger partial charge in [-0.15, -0.1) is 0 Å². The number of allylic oxidation sites excluding steroid dienone is 6. The predicted molar refractivity (Wildman–Crippen MR) is 186 cm³/mol. The van der Waals surface area contributed by atoms with E-state index in [1.807, 2.05) is 48.6 Å². The molecule has 1 N–H and O–H groups in total. The van der Waals surface area contributed by atoms with E-state index < -0.39 is 11.4 Å². The van der Waals surface area contributed by atoms with Crippen molar-refractivity contribution < 1.29 is 24.0 Å². The van der Waals surface area contributed by atoms with E-state index in [9.17, 15) is 20.0 Å². The number of hydrogen-bond donors (Lipinski definition) is 1. The third-order valence-corrected chi connectivity index (χ3v) is 9.57. The van der Waals surface area contributed by atoms with Crippen LogP contribution in [0.2, 0.25) is 0 Å². The minimum absolute atomic E-state index is 0.0168. The summed E-state index contributed by atoms with van der Waals surface area (Å²) in [5.74, 6) is -0.861. The zero-order valence-electron chi connectivity index (χ0n) is 27.2. The van der Waals surface area contributed by atoms with Crippen LogP contribution in [0.25, 0.3) is 21.5 Å². The largest absolute Gasteiger partial charge is 0.481 e. The summed E-state index contributed by atoms with van der Waals surface area (Å²) in [6.45, 7) is 10.1. The summed E-state index contributed by atoms with van der Waals surface area (Å²) >= 11 is 0. The fourth-order valence-electron chi connectivity index (χ4n) is 7.22. The van der Waals surface area contributed by atoms with Gasteiger partial charge in [0.2, 0.25) is 5.69 Å². The first kappa shape index (κ1) is 31.5. The molecule has 4 aromatic carbocycles. The maximum absolute atomic E-state index is 11.7. The SMILES string of the molecule is CC1(C)C(=CC=C(C#N)C=CC2=[N+](CCC(=O)O)c3c(ccc4ccccc34)C2(C)C)N(CCOC=O)c2c1ccc1ccccc21. The van der Waals surface area contributed by atoms with Gasteiger partial charge < -0.3 is 14.7 Å². The molecule has 6 rings (SSSR count). The number of nitriles is 1. The summed E-state index contributed by atoms with van der Waals surface area (Å²) in [6, 6.07) is 27.3. The predicted octanol–water partition coefficient (Wildman–Crippen LogP) is 7.70. The summed E-state index contributed by atoms with van der Waals surface area (Å²) in [5.41, 5.74) is 5.99. The lowest BCUT2D eigenvalue weighted by Crippen LogP contribution is -2.29. The Hall–Kier alpha value is -5.48. The van der Waals surface area contributed by atoms with Gasteiger partial charge in [0, 0.05) is 28.1 Å². The second-order valence-electron chi connectivity index (χ2n) is 13.0. The Morgan fingerprint density at radius 1 is 0.936 bits per heavy atom. The topological polar surface area (TPSA) is 93.6 Å². The van der Waals surface area contributed by atoms with Crippen molar-refractivity contribution in [3.05, 3.63) is 119 Å². The van der Waals surface area contributed by atoms with E-state index >= 15 is 0 Å². The van der Waals surface area contributed by atoms with Crippen molar-refractivity contribution in [2.75, 3.05) is 24.6 Å². The van der Waals surface area contributed by atoms with E-state index in [1.54, 1.807) is 0 Å². The lowest BCUT2D eigenvalue weighted by molar-refractivity contribution is -0.435. The highest BCUT2D eigenvalue weighted by Crippen LogP contribution is 2.50. The molecule has 0 unspecified atom stereocenters. The lowest BCUT2D eigenvalue weighted by atomic mass is 9.80. The van der Waals surface area contributed by atoms with Crippen molar-refractivity contribution in [1.29, 1.82) is 5.26 Å². The number of carboxylic acid groups (broad SMARTS) is 1. The minimum Gasteiger partial charge on any atom is -0.481 e. The Kier molecular flexibility index (Phi) is 8.29. The van der Waals surface area contributed by atoms with Crippen molar-refractivity contribution in [3.8, 4) is 6.07 Å². The van der Waals surface area contributed by atoms with Gasteiger partial charge in [-0.05, 0) is 54.5 Å². The van der Waals surface area contributed by atoms with Crippen LogP contribution >= 0.6 is 0 Å². The van der Waals surface area contributed by atoms with E-state index in [0.29, 0.717) is 25.1 Å². The fourth-order valence-corrected chi connectivity index (χ4v) is 7.22. The molecule has 7 nitrogen and oxygen atoms in total. The number of carbonyl (C=O) groups is 2. The Morgan fingerprint density at radius 2 is 1.60 bits per heavy atom. The molecule has 2 aliphatic heterocycles. The maximum Gasteiger partial charge on any atom is 0.309 e. The molecule has 0 bridgehead atoms. The molecule has 0 atom stereocenters. The van der Waals surface area contributed by atoms with Crippen molar-refractivity contribution in [3.63, 3.8) is 0 Å². The molecule has 236 valence electrons. The first-order valence-corrected chi connectivity index (χ1v) is 15.8. The summed E-state index contributed by atoms with van der Waals surface area (Å²) in [6.07, 6.45) is 7.59. The van der Waals surface area contributed by atoms with Crippen LogP contribution in [0.5, 0.6) is 0 Å². The van der Waals surface area contributed by atoms with Crippen LogP contribution in [0, 0.1) is 11.3 Å². The van der Waals surface area contributed by atoms with Gasteiger partial charge in [0.15, 0.2) is 12.3 Å². The Morgan fingerprint density at radius 3 is 2.28 bits per heavy atom. The summed E-state index contributed by atoms with van der Waals surface area (Å²) in [5, 5.41) is 24.3. The second-order valence-corrected chi connectivity index (χ2v) is 13.0. The van der Waals surface area contributed by atoms with Gasteiger partial charge in [-0.2, -0.15) is 9.84 Å². The molecule has 0 radical (unpaired) electrons. The van der Waals surface area contributed by atoms with Crippen molar-refractivity contribution in [1.82, 2.24) is 0 Å². The normalized spacial score (nSPS) is 17.4. The van der Waals surface area contributed by atoms with E-state index in [2.05, 4.69) is 91.8 Å². The van der Waals surface area contributed by atoms with Crippen LogP contribution in [-0.2, 0) is 25.2 Å². The first-order chi connectivity index (χ1) is 22.6. The Balaban J connectivity index is 1.43. The molecule has 0 aromatic heterocycles. The second kappa shape index (κ2) is 12.4. The number of aliphatic carboxylic acids is 1. The maximum atomic E-state index is 11.7. The minimum atomic E-state index is -0.861. The number of fused-ring (bicyclic) bond motifs is 6. The summed E-state index contributed by atoms with van der Waals surface area (Å²) in [4.78, 5) is 24.9. The molecule has 7 heteroatoms. The van der Waals surface area contributed by atoms with Crippen LogP contribution < -0.4 is 4.90 Å². The Bertz CT molecular complexity index is 2090. The fraction of sp³-hybridized carbons (Fsp3) is 0.250. The number of nitrogens with zero attached hydrogens (tertiary/aromatic N) is 3. The first-order valence-electron chi connectivity index (χ1n) is 15.8. The van der Waals surface area contributed by atoms with E-state index in [1.165, 1.54) is 5.56 Å². The molecule has 0 fully saturated rings. The number of anilines is 1. The van der Waals surface area contributed by atoms with Crippen LogP contribution in [0.4, 0.5) is 11.4 Å². The lowest BCUT2D eigenvalue weighted by Gasteiger charge is -2.27. The Labute approximate surface area is 275 Å². The van der Waals surface area contributed by atoms with E-state index in [0.717, 1.165) is 49.9 Å². The highest BCUT2D eigenvalue weighted by atomic mass is 16.5. The third-order valence-electron chi connectivity index (χ3n) is 9.57. The smallest absolute Gasteiger partial charge is 0.309 e. The molecule has 0 amide bonds. The zero-order chi connectivity index (χ0) is 33.3. The van der Waals surface area contributed by atoms with Crippen molar-refractivity contribution in [2.45, 2.75) is 44.9 Å². The monoisotopic (exact) mass is 624 g/mol. The van der Waals surface area contributed by atoms with Crippen LogP contribution in [0.1, 0.15) is 45.2 Å². The molecule has 0 saturated carbocycles. The molecule has 2 heterocycles. The quantitative estimate of drug-likeness (QED) is 0.0639. The van der Waals surface area contributed by atoms with Gasteiger partial charge >= 0.3 is 5.97 Å². The number of carbonyl (C=O) groups excluding carboxylic acids is 1. The number of rotatable bonds is 10. The van der Waals surface area contributed by atoms with E-state index in [4.69, 9.17) is 4.74 Å². The average molecular weight is 625 g/mol. The van der Waals surface area contributed by atoms with Crippen LogP contribution in [-0.4, -0.2) is 47.5 Å². The van der Waals surface area contributed by atoms with Gasteiger partial charge in [-0.1, -0.05) is 80.6 Å². The average Bonchev–Trinajstić information content (AvgIpc) is 3.42. The highest BCUT2D eigenvalue weighted by molar-refractivity contribution is 6.07. The molecule has 0 saturated heterocycles. The van der Waals surface area contributed by atoms with Crippen molar-refractivity contribution in [2.24, 2.45) is 0 Å². The zero-order valence-corrected chi connectivity index (χ0v) is 27.2. The molecular weight excluding hydrogens is 586 g/mol. The van der Waals surface area contributed by atoms with Gasteiger partial charge in [-0.3, -0.25) is 9.59 Å². The molecule has 47 heavy (non-hydrogen) atoms. The number of ether oxygens (including phenoxy) is 1. The third kappa shape index (κ3) is 5.50. The van der Waals surface area contributed by atoms with Gasteiger partial charge in [-0.25, -0.2) is 0 Å². The van der Waals surface area contributed by atoms with Gasteiger partial charge in [0.1, 0.15) is 13.0 Å². The van der Waals surface area contributed by atoms with Crippen LogP contribution in [0.15, 0.2) is 108 Å². The number of hydrogen-bond acceptors (Lipinski definition) is 5. The standard InChI is InChI=1S/C40H37N3O4/c1-39(2)32-17-15-28-9-5-7-11-30(28)37(32)42(22-21-36(45)46)34(39)19-13-27(25-41)14-20-35-40(3,4)33-18-16-29-10-6-8-12-31(29)38(33)43(35)23-24-47-26-44/h5-20,26H,21-24H2,1-4H3/p+1. The van der Waals surface area contributed by atoms with Gasteiger partial charge in [0.05, 0.1) is 34.7 Å². The molecule has 2 aliphatic rings. The molecule has 0 aliphatic carbocycles. The van der Waals surface area contributed by atoms with Crippen LogP contribution in [0.3, 0.4) is 0 Å². The number of benzene rings is 4. The summed E-state index contributed by atoms with van der Waals surface area (Å²) < 4.78 is 7.23. The van der Waals surface area contributed by atoms with Crippen molar-refractivity contribution >= 4 is 51.1 Å². The highest BCUT2D eigenvalue weighted by Gasteiger charge is 2.45.